The molecule has 0 saturated heterocycles. The third-order valence-corrected chi connectivity index (χ3v) is 4.33. The average Bonchev–Trinajstić information content (AvgIpc) is 2.73. The summed E-state index contributed by atoms with van der Waals surface area (Å²) < 4.78 is 0. The monoisotopic (exact) mass is 429 g/mol. The fraction of sp³-hybridized carbons (Fsp3) is 0.0952. The Morgan fingerprint density at radius 3 is 1.68 bits per heavy atom. The van der Waals surface area contributed by atoms with Crippen molar-refractivity contribution < 1.29 is 45.0 Å². The number of nitrogens with two attached hydrogens (primary N) is 1. The van der Waals surface area contributed by atoms with Gasteiger partial charge in [-0.25, -0.2) is 4.79 Å². The van der Waals surface area contributed by atoms with Crippen LogP contribution < -0.4 is 5.73 Å². The lowest BCUT2D eigenvalue weighted by atomic mass is 9.85. The Bertz CT molecular complexity index is 1090. The zero-order valence-corrected chi connectivity index (χ0v) is 15.8. The molecule has 0 aliphatic heterocycles. The third-order valence-electron chi connectivity index (χ3n) is 4.33. The molecule has 0 spiro atoms. The van der Waals surface area contributed by atoms with Gasteiger partial charge in [-0.15, -0.1) is 0 Å². The Kier molecular flexibility index (Phi) is 6.80. The third kappa shape index (κ3) is 5.07. The molecule has 162 valence electrons. The summed E-state index contributed by atoms with van der Waals surface area (Å²) >= 11 is 0. The van der Waals surface area contributed by atoms with E-state index >= 15 is 0 Å². The highest BCUT2D eigenvalue weighted by Crippen LogP contribution is 2.26. The molecule has 0 aromatic heterocycles. The molecule has 0 aliphatic rings. The number of ketones is 2. The number of carboxylic acid groups (broad SMARTS) is 1. The highest BCUT2D eigenvalue weighted by molar-refractivity contribution is 6.19. The van der Waals surface area contributed by atoms with Gasteiger partial charge in [-0.1, -0.05) is 24.3 Å². The molecule has 0 heterocycles. The number of carbonyl (C=O) groups is 3. The van der Waals surface area contributed by atoms with Gasteiger partial charge in [0.05, 0.1) is 0 Å². The Morgan fingerprint density at radius 2 is 1.26 bits per heavy atom. The molecule has 2 atom stereocenters. The van der Waals surface area contributed by atoms with Gasteiger partial charge in [0.25, 0.3) is 0 Å². The molecule has 0 bridgehead atoms. The number of aliphatic carboxylic acids is 1. The number of hydrogen-bond donors (Lipinski definition) is 7. The Hall–Kier alpha value is -4.15. The van der Waals surface area contributed by atoms with Gasteiger partial charge < -0.3 is 36.4 Å². The van der Waals surface area contributed by atoms with Gasteiger partial charge in [0.1, 0.15) is 0 Å². The van der Waals surface area contributed by atoms with Gasteiger partial charge in [-0.05, 0) is 47.5 Å². The predicted molar refractivity (Wildman–Crippen MR) is 108 cm³/mol. The minimum Gasteiger partial charge on any atom is -0.504 e. The molecule has 0 aliphatic carbocycles. The van der Waals surface area contributed by atoms with Gasteiger partial charge in [-0.2, -0.15) is 0 Å². The number of phenols is 4. The maximum atomic E-state index is 12.4. The number of rotatable bonds is 8. The van der Waals surface area contributed by atoms with E-state index in [-0.39, 0.29) is 11.1 Å². The summed E-state index contributed by atoms with van der Waals surface area (Å²) in [5.41, 5.74) is 3.04. The number of benzene rings is 2. The van der Waals surface area contributed by atoms with Crippen LogP contribution in [0.3, 0.4) is 0 Å². The first-order valence-electron chi connectivity index (χ1n) is 8.65. The van der Waals surface area contributed by atoms with E-state index in [1.807, 2.05) is 0 Å². The first-order chi connectivity index (χ1) is 14.5. The number of hydrogen-bond acceptors (Lipinski definition) is 9. The van der Waals surface area contributed by atoms with Crippen LogP contribution in [0.25, 0.3) is 12.2 Å². The molecule has 2 unspecified atom stereocenters. The molecular formula is C21H19NO9. The fourth-order valence-electron chi connectivity index (χ4n) is 2.45. The lowest BCUT2D eigenvalue weighted by Crippen LogP contribution is -2.64. The average molecular weight is 429 g/mol. The van der Waals surface area contributed by atoms with Crippen LogP contribution in [-0.4, -0.2) is 59.8 Å². The first kappa shape index (κ1) is 23.1. The second-order valence-electron chi connectivity index (χ2n) is 6.51. The van der Waals surface area contributed by atoms with Crippen LogP contribution in [-0.2, 0) is 14.4 Å². The smallest absolute Gasteiger partial charge is 0.335 e. The molecule has 2 aromatic rings. The number of carboxylic acids is 1. The maximum absolute atomic E-state index is 12.4. The second kappa shape index (κ2) is 9.11. The lowest BCUT2D eigenvalue weighted by molar-refractivity contribution is -0.155. The Balaban J connectivity index is 2.25. The number of aromatic hydroxyl groups is 4. The molecule has 0 saturated carbocycles. The summed E-state index contributed by atoms with van der Waals surface area (Å²) in [6.07, 6.45) is 1.25. The molecule has 31 heavy (non-hydrogen) atoms. The molecule has 2 aromatic carbocycles. The maximum Gasteiger partial charge on any atom is 0.335 e. The van der Waals surface area contributed by atoms with Crippen LogP contribution >= 0.6 is 0 Å². The number of aliphatic hydroxyl groups excluding tert-OH is 1. The van der Waals surface area contributed by atoms with E-state index in [4.69, 9.17) is 5.73 Å². The SMILES string of the molecule is NC(C(=O)O)(C(=O)C=Cc1ccc(O)c(O)c1)C(O)C(=O)C=Cc1ccc(O)c(O)c1. The van der Waals surface area contributed by atoms with Crippen LogP contribution in [0.2, 0.25) is 0 Å². The molecule has 10 heteroatoms. The van der Waals surface area contributed by atoms with Crippen molar-refractivity contribution in [2.75, 3.05) is 0 Å². The molecule has 0 radical (unpaired) electrons. The number of phenolic OH excluding ortho intramolecular Hbond substituents is 4. The van der Waals surface area contributed by atoms with Crippen molar-refractivity contribution in [3.8, 4) is 23.0 Å². The number of aliphatic hydroxyl groups is 1. The van der Waals surface area contributed by atoms with Crippen molar-refractivity contribution in [3.63, 3.8) is 0 Å². The number of carbonyl (C=O) groups excluding carboxylic acids is 2. The van der Waals surface area contributed by atoms with Gasteiger partial charge in [0, 0.05) is 0 Å². The molecule has 0 amide bonds. The topological polar surface area (TPSA) is 199 Å². The summed E-state index contributed by atoms with van der Waals surface area (Å²) in [5, 5.41) is 57.0. The van der Waals surface area contributed by atoms with Gasteiger partial charge in [0.15, 0.2) is 40.7 Å². The van der Waals surface area contributed by atoms with E-state index in [2.05, 4.69) is 0 Å². The van der Waals surface area contributed by atoms with E-state index in [0.29, 0.717) is 0 Å². The summed E-state index contributed by atoms with van der Waals surface area (Å²) in [6, 6.07) is 7.13. The van der Waals surface area contributed by atoms with Crippen molar-refractivity contribution in [2.45, 2.75) is 11.6 Å². The Morgan fingerprint density at radius 1 is 0.806 bits per heavy atom. The van der Waals surface area contributed by atoms with Crippen LogP contribution in [0.1, 0.15) is 11.1 Å². The molecule has 8 N–H and O–H groups in total. The summed E-state index contributed by atoms with van der Waals surface area (Å²) in [4.78, 5) is 36.3. The molecular weight excluding hydrogens is 410 g/mol. The van der Waals surface area contributed by atoms with Crippen LogP contribution in [0.4, 0.5) is 0 Å². The minimum atomic E-state index is -3.01. The standard InChI is InChI=1S/C21H19NO9/c22-21(20(30)31,18(28)8-4-12-2-6-14(24)17(27)10-12)19(29)15(25)7-3-11-1-5-13(23)16(26)9-11/h1-10,19,23-24,26-27,29H,22H2,(H,30,31). The summed E-state index contributed by atoms with van der Waals surface area (Å²) in [7, 11) is 0. The van der Waals surface area contributed by atoms with E-state index in [0.717, 1.165) is 48.6 Å². The van der Waals surface area contributed by atoms with Gasteiger partial charge >= 0.3 is 5.97 Å². The minimum absolute atomic E-state index is 0.212. The highest BCUT2D eigenvalue weighted by Gasteiger charge is 2.50. The summed E-state index contributed by atoms with van der Waals surface area (Å²) in [6.45, 7) is 0. The van der Waals surface area contributed by atoms with Crippen molar-refractivity contribution in [3.05, 3.63) is 59.7 Å². The quantitative estimate of drug-likeness (QED) is 0.176. The van der Waals surface area contributed by atoms with E-state index < -0.39 is 52.2 Å². The van der Waals surface area contributed by atoms with Crippen molar-refractivity contribution in [2.24, 2.45) is 5.73 Å². The van der Waals surface area contributed by atoms with Crippen molar-refractivity contribution in [1.82, 2.24) is 0 Å². The molecule has 0 fully saturated rings. The van der Waals surface area contributed by atoms with Crippen LogP contribution in [0, 0.1) is 0 Å². The first-order valence-corrected chi connectivity index (χ1v) is 8.65. The highest BCUT2D eigenvalue weighted by atomic mass is 16.4. The summed E-state index contributed by atoms with van der Waals surface area (Å²) in [5.74, 6) is -6.19. The van der Waals surface area contributed by atoms with Gasteiger partial charge in [-0.3, -0.25) is 9.59 Å². The Labute approximate surface area is 175 Å². The zero-order chi connectivity index (χ0) is 23.3. The van der Waals surface area contributed by atoms with Crippen LogP contribution in [0.15, 0.2) is 48.6 Å². The van der Waals surface area contributed by atoms with Crippen molar-refractivity contribution >= 4 is 29.7 Å². The molecule has 10 nitrogen and oxygen atoms in total. The van der Waals surface area contributed by atoms with E-state index in [9.17, 15) is 45.0 Å². The second-order valence-corrected chi connectivity index (χ2v) is 6.51. The fourth-order valence-corrected chi connectivity index (χ4v) is 2.45. The predicted octanol–water partition coefficient (Wildman–Crippen LogP) is 0.517. The lowest BCUT2D eigenvalue weighted by Gasteiger charge is -2.25. The molecule has 2 rings (SSSR count). The largest absolute Gasteiger partial charge is 0.504 e. The van der Waals surface area contributed by atoms with Gasteiger partial charge in [0.2, 0.25) is 5.54 Å². The van der Waals surface area contributed by atoms with E-state index in [1.54, 1.807) is 0 Å². The zero-order valence-electron chi connectivity index (χ0n) is 15.8. The van der Waals surface area contributed by atoms with Crippen molar-refractivity contribution in [1.29, 1.82) is 0 Å². The van der Waals surface area contributed by atoms with Crippen LogP contribution in [0.5, 0.6) is 23.0 Å². The van der Waals surface area contributed by atoms with E-state index in [1.165, 1.54) is 12.1 Å². The normalized spacial score (nSPS) is 14.4.